The molecule has 4 rings (SSSR count). The van der Waals surface area contributed by atoms with Crippen molar-refractivity contribution < 1.29 is 4.42 Å². The molecule has 0 radical (unpaired) electrons. The van der Waals surface area contributed by atoms with Crippen molar-refractivity contribution in [1.82, 2.24) is 24.6 Å². The average Bonchev–Trinajstić information content (AvgIpc) is 3.04. The number of fused-ring (bicyclic) bond motifs is 1. The number of pyridine rings is 1. The molecular weight excluding hydrogens is 304 g/mol. The fourth-order valence-corrected chi connectivity index (χ4v) is 3.26. The predicted molar refractivity (Wildman–Crippen MR) is 91.9 cm³/mol. The molecular formula is C17H22N6O. The van der Waals surface area contributed by atoms with Gasteiger partial charge >= 0.3 is 0 Å². The van der Waals surface area contributed by atoms with E-state index in [0.717, 1.165) is 50.4 Å². The van der Waals surface area contributed by atoms with Gasteiger partial charge in [0.15, 0.2) is 5.58 Å². The molecule has 1 fully saturated rings. The number of hydrogen-bond donors (Lipinski definition) is 0. The molecule has 24 heavy (non-hydrogen) atoms. The fraction of sp³-hybridized carbons (Fsp3) is 0.471. The summed E-state index contributed by atoms with van der Waals surface area (Å²) in [4.78, 5) is 13.5. The number of aryl methyl sites for hydroxylation is 2. The van der Waals surface area contributed by atoms with Gasteiger partial charge in [-0.15, -0.1) is 0 Å². The molecule has 0 aliphatic carbocycles. The molecule has 0 spiro atoms. The Morgan fingerprint density at radius 2 is 2.12 bits per heavy atom. The van der Waals surface area contributed by atoms with Crippen molar-refractivity contribution in [2.24, 2.45) is 7.05 Å². The summed E-state index contributed by atoms with van der Waals surface area (Å²) in [6.07, 6.45) is 4.95. The summed E-state index contributed by atoms with van der Waals surface area (Å²) in [5.41, 5.74) is 3.85. The quantitative estimate of drug-likeness (QED) is 0.733. The lowest BCUT2D eigenvalue weighted by molar-refractivity contribution is 0.284. The third-order valence-electron chi connectivity index (χ3n) is 4.52. The first-order chi connectivity index (χ1) is 11.7. The van der Waals surface area contributed by atoms with Crippen molar-refractivity contribution in [3.63, 3.8) is 0 Å². The van der Waals surface area contributed by atoms with E-state index in [1.165, 1.54) is 5.56 Å². The molecule has 1 aliphatic rings. The van der Waals surface area contributed by atoms with Crippen LogP contribution in [0.25, 0.3) is 11.2 Å². The smallest absolute Gasteiger partial charge is 0.299 e. The van der Waals surface area contributed by atoms with Crippen LogP contribution in [0.4, 0.5) is 6.01 Å². The minimum Gasteiger partial charge on any atom is -0.422 e. The van der Waals surface area contributed by atoms with Crippen molar-refractivity contribution >= 4 is 17.2 Å². The Kier molecular flexibility index (Phi) is 3.93. The Morgan fingerprint density at radius 3 is 2.92 bits per heavy atom. The number of nitrogens with zero attached hydrogens (tertiary/aromatic N) is 6. The lowest BCUT2D eigenvalue weighted by Gasteiger charge is -2.20. The SMILES string of the molecule is Cc1nn(C)cc1CN1CCCN(c2nc3ncccc3o2)CC1. The van der Waals surface area contributed by atoms with E-state index in [-0.39, 0.29) is 0 Å². The second kappa shape index (κ2) is 6.24. The van der Waals surface area contributed by atoms with Crippen LogP contribution in [0.2, 0.25) is 0 Å². The van der Waals surface area contributed by atoms with Crippen molar-refractivity contribution in [2.75, 3.05) is 31.1 Å². The van der Waals surface area contributed by atoms with E-state index in [0.29, 0.717) is 11.7 Å². The molecule has 0 unspecified atom stereocenters. The maximum atomic E-state index is 5.86. The molecule has 7 heteroatoms. The molecule has 1 aliphatic heterocycles. The molecule has 0 atom stereocenters. The van der Waals surface area contributed by atoms with E-state index < -0.39 is 0 Å². The Hall–Kier alpha value is -2.41. The highest BCUT2D eigenvalue weighted by Crippen LogP contribution is 2.21. The summed E-state index contributed by atoms with van der Waals surface area (Å²) in [5.74, 6) is 0. The second-order valence-electron chi connectivity index (χ2n) is 6.35. The van der Waals surface area contributed by atoms with Gasteiger partial charge < -0.3 is 9.32 Å². The monoisotopic (exact) mass is 326 g/mol. The first kappa shape index (κ1) is 15.1. The number of anilines is 1. The van der Waals surface area contributed by atoms with Crippen LogP contribution in [0.1, 0.15) is 17.7 Å². The van der Waals surface area contributed by atoms with Gasteiger partial charge in [0.1, 0.15) is 0 Å². The Bertz CT molecular complexity index is 806. The highest BCUT2D eigenvalue weighted by molar-refractivity contribution is 5.69. The van der Waals surface area contributed by atoms with E-state index in [4.69, 9.17) is 4.42 Å². The lowest BCUT2D eigenvalue weighted by Crippen LogP contribution is -2.30. The number of aromatic nitrogens is 4. The van der Waals surface area contributed by atoms with E-state index in [2.05, 4.69) is 38.0 Å². The van der Waals surface area contributed by atoms with Crippen molar-refractivity contribution in [2.45, 2.75) is 19.9 Å². The molecule has 3 aromatic heterocycles. The zero-order chi connectivity index (χ0) is 16.5. The van der Waals surface area contributed by atoms with Gasteiger partial charge in [-0.2, -0.15) is 10.1 Å². The van der Waals surface area contributed by atoms with Crippen LogP contribution in [0.5, 0.6) is 0 Å². The molecule has 0 saturated carbocycles. The fourth-order valence-electron chi connectivity index (χ4n) is 3.26. The standard InChI is InChI=1S/C17H22N6O/c1-13-14(11-21(2)20-13)12-22-7-4-8-23(10-9-22)17-19-16-15(24-17)5-3-6-18-16/h3,5-6,11H,4,7-10,12H2,1-2H3. The van der Waals surface area contributed by atoms with Gasteiger partial charge in [0.05, 0.1) is 5.69 Å². The summed E-state index contributed by atoms with van der Waals surface area (Å²) in [6, 6.07) is 4.47. The molecule has 0 amide bonds. The van der Waals surface area contributed by atoms with Crippen LogP contribution in [0, 0.1) is 6.92 Å². The average molecular weight is 326 g/mol. The third kappa shape index (κ3) is 2.99. The Morgan fingerprint density at radius 1 is 1.21 bits per heavy atom. The van der Waals surface area contributed by atoms with Gasteiger partial charge in [-0.3, -0.25) is 9.58 Å². The van der Waals surface area contributed by atoms with E-state index >= 15 is 0 Å². The first-order valence-electron chi connectivity index (χ1n) is 8.37. The minimum absolute atomic E-state index is 0.680. The van der Waals surface area contributed by atoms with Crippen LogP contribution in [-0.2, 0) is 13.6 Å². The largest absolute Gasteiger partial charge is 0.422 e. The van der Waals surface area contributed by atoms with E-state index in [1.807, 2.05) is 23.9 Å². The molecule has 7 nitrogen and oxygen atoms in total. The zero-order valence-electron chi connectivity index (χ0n) is 14.1. The van der Waals surface area contributed by atoms with Crippen LogP contribution in [-0.4, -0.2) is 50.8 Å². The maximum absolute atomic E-state index is 5.86. The van der Waals surface area contributed by atoms with Gasteiger partial charge in [0.2, 0.25) is 5.65 Å². The number of hydrogen-bond acceptors (Lipinski definition) is 6. The first-order valence-corrected chi connectivity index (χ1v) is 8.37. The molecule has 3 aromatic rings. The van der Waals surface area contributed by atoms with Crippen LogP contribution in [0.15, 0.2) is 28.9 Å². The Labute approximate surface area is 140 Å². The van der Waals surface area contributed by atoms with Gasteiger partial charge in [-0.25, -0.2) is 4.98 Å². The van der Waals surface area contributed by atoms with E-state index in [9.17, 15) is 0 Å². The molecule has 0 aromatic carbocycles. The summed E-state index contributed by atoms with van der Waals surface area (Å²) in [6.45, 7) is 6.94. The van der Waals surface area contributed by atoms with Crippen LogP contribution >= 0.6 is 0 Å². The van der Waals surface area contributed by atoms with Crippen LogP contribution in [0.3, 0.4) is 0 Å². The summed E-state index contributed by atoms with van der Waals surface area (Å²) in [5, 5.41) is 4.43. The van der Waals surface area contributed by atoms with E-state index in [1.54, 1.807) is 6.20 Å². The summed E-state index contributed by atoms with van der Waals surface area (Å²) >= 11 is 0. The highest BCUT2D eigenvalue weighted by Gasteiger charge is 2.20. The topological polar surface area (TPSA) is 63.2 Å². The van der Waals surface area contributed by atoms with Gasteiger partial charge in [-0.05, 0) is 25.5 Å². The van der Waals surface area contributed by atoms with Crippen molar-refractivity contribution in [3.05, 3.63) is 35.8 Å². The summed E-state index contributed by atoms with van der Waals surface area (Å²) in [7, 11) is 1.97. The zero-order valence-corrected chi connectivity index (χ0v) is 14.1. The van der Waals surface area contributed by atoms with Gasteiger partial charge in [-0.1, -0.05) is 0 Å². The lowest BCUT2D eigenvalue weighted by atomic mass is 10.2. The Balaban J connectivity index is 1.45. The molecule has 126 valence electrons. The molecule has 4 heterocycles. The predicted octanol–water partition coefficient (Wildman–Crippen LogP) is 1.98. The molecule has 0 bridgehead atoms. The minimum atomic E-state index is 0.680. The van der Waals surface area contributed by atoms with Gasteiger partial charge in [0, 0.05) is 57.7 Å². The number of rotatable bonds is 3. The maximum Gasteiger partial charge on any atom is 0.299 e. The van der Waals surface area contributed by atoms with Crippen molar-refractivity contribution in [1.29, 1.82) is 0 Å². The van der Waals surface area contributed by atoms with Crippen LogP contribution < -0.4 is 4.90 Å². The van der Waals surface area contributed by atoms with Gasteiger partial charge in [0.25, 0.3) is 6.01 Å². The number of oxazole rings is 1. The van der Waals surface area contributed by atoms with Crippen molar-refractivity contribution in [3.8, 4) is 0 Å². The second-order valence-corrected chi connectivity index (χ2v) is 6.35. The summed E-state index contributed by atoms with van der Waals surface area (Å²) < 4.78 is 7.75. The highest BCUT2D eigenvalue weighted by atomic mass is 16.4. The normalized spacial score (nSPS) is 16.7. The molecule has 1 saturated heterocycles. The third-order valence-corrected chi connectivity index (χ3v) is 4.52. The molecule has 0 N–H and O–H groups in total.